The number of nitriles is 1. The van der Waals surface area contributed by atoms with Gasteiger partial charge in [-0.05, 0) is 86.0 Å². The maximum absolute atomic E-state index is 14.5. The first-order valence-corrected chi connectivity index (χ1v) is 15.2. The molecule has 0 saturated heterocycles. The minimum Gasteiger partial charge on any atom is -0.469 e. The second kappa shape index (κ2) is 9.61. The van der Waals surface area contributed by atoms with E-state index in [1.807, 2.05) is 19.1 Å². The summed E-state index contributed by atoms with van der Waals surface area (Å²) in [6, 6.07) is 2.17. The Hall–Kier alpha value is -2.30. The van der Waals surface area contributed by atoms with E-state index in [1.54, 1.807) is 7.11 Å². The Kier molecular flexibility index (Phi) is 7.07. The summed E-state index contributed by atoms with van der Waals surface area (Å²) >= 11 is 0. The van der Waals surface area contributed by atoms with Gasteiger partial charge in [0.25, 0.3) is 0 Å². The van der Waals surface area contributed by atoms with E-state index in [-0.39, 0.29) is 70.5 Å². The normalized spacial score (nSPS) is 44.7. The number of ketones is 2. The highest BCUT2D eigenvalue weighted by Crippen LogP contribution is 2.74. The van der Waals surface area contributed by atoms with Crippen LogP contribution in [0.1, 0.15) is 86.5 Å². The fraction of sp³-hybridized carbons (Fsp3) is 0.765. The van der Waals surface area contributed by atoms with Crippen LogP contribution in [0, 0.1) is 61.6 Å². The van der Waals surface area contributed by atoms with Crippen molar-refractivity contribution in [1.29, 1.82) is 5.26 Å². The van der Waals surface area contributed by atoms with E-state index in [0.29, 0.717) is 6.42 Å². The molecule has 0 aliphatic heterocycles. The van der Waals surface area contributed by atoms with E-state index in [9.17, 15) is 19.6 Å². The molecule has 0 aromatic heterocycles. The molecule has 3 fully saturated rings. The molecule has 7 heteroatoms. The van der Waals surface area contributed by atoms with Crippen LogP contribution in [0.2, 0.25) is 0 Å². The van der Waals surface area contributed by atoms with Crippen molar-refractivity contribution >= 4 is 17.5 Å². The van der Waals surface area contributed by atoms with E-state index in [1.165, 1.54) is 7.11 Å². The number of ether oxygens (including phenoxy) is 3. The highest BCUT2D eigenvalue weighted by Gasteiger charge is 2.71. The predicted molar refractivity (Wildman–Crippen MR) is 153 cm³/mol. The largest absolute Gasteiger partial charge is 0.469 e. The molecule has 0 amide bonds. The maximum Gasteiger partial charge on any atom is 0.312 e. The van der Waals surface area contributed by atoms with Crippen molar-refractivity contribution in [1.82, 2.24) is 0 Å². The van der Waals surface area contributed by atoms with E-state index in [0.717, 1.165) is 44.1 Å². The summed E-state index contributed by atoms with van der Waals surface area (Å²) < 4.78 is 16.3. The first-order chi connectivity index (χ1) is 19.1. The van der Waals surface area contributed by atoms with Gasteiger partial charge in [0.2, 0.25) is 0 Å². The van der Waals surface area contributed by atoms with Gasteiger partial charge in [-0.15, -0.1) is 0 Å². The van der Waals surface area contributed by atoms with Crippen LogP contribution in [-0.4, -0.2) is 45.2 Å². The lowest BCUT2D eigenvalue weighted by Crippen LogP contribution is -2.66. The molecule has 8 atom stereocenters. The molecule has 0 aromatic carbocycles. The molecule has 3 saturated carbocycles. The average Bonchev–Trinajstić information content (AvgIpc) is 2.91. The molecule has 5 aliphatic carbocycles. The first-order valence-electron chi connectivity index (χ1n) is 15.2. The summed E-state index contributed by atoms with van der Waals surface area (Å²) in [5.74, 6) is -0.781. The van der Waals surface area contributed by atoms with E-state index in [4.69, 9.17) is 14.2 Å². The zero-order chi connectivity index (χ0) is 30.2. The molecule has 0 radical (unpaired) electrons. The van der Waals surface area contributed by atoms with Crippen LogP contribution in [0.5, 0.6) is 0 Å². The first kappa shape index (κ1) is 30.2. The Labute approximate surface area is 245 Å². The van der Waals surface area contributed by atoms with Gasteiger partial charge in [0.1, 0.15) is 12.9 Å². The molecule has 5 rings (SSSR count). The summed E-state index contributed by atoms with van der Waals surface area (Å²) in [5, 5.41) is 10.1. The van der Waals surface area contributed by atoms with Gasteiger partial charge in [0, 0.05) is 18.4 Å². The number of carbonyl (C=O) groups is 3. The lowest BCUT2D eigenvalue weighted by Gasteiger charge is -2.68. The smallest absolute Gasteiger partial charge is 0.312 e. The number of Topliss-reactive ketones (excluding diaryl/α,β-unsaturated/α-hetero) is 1. The van der Waals surface area contributed by atoms with Crippen molar-refractivity contribution in [2.24, 2.45) is 50.2 Å². The van der Waals surface area contributed by atoms with Crippen molar-refractivity contribution < 1.29 is 28.6 Å². The van der Waals surface area contributed by atoms with Crippen LogP contribution in [0.3, 0.4) is 0 Å². The predicted octanol–water partition coefficient (Wildman–Crippen LogP) is 5.98. The zero-order valence-electron chi connectivity index (χ0n) is 26.1. The molecule has 41 heavy (non-hydrogen) atoms. The van der Waals surface area contributed by atoms with Crippen LogP contribution in [0.4, 0.5) is 0 Å². The highest BCUT2D eigenvalue weighted by molar-refractivity contribution is 6.05. The molecule has 0 N–H and O–H groups in total. The highest BCUT2D eigenvalue weighted by atomic mass is 16.7. The Morgan fingerprint density at radius 1 is 1.02 bits per heavy atom. The van der Waals surface area contributed by atoms with E-state index < -0.39 is 16.2 Å². The third-order valence-corrected chi connectivity index (χ3v) is 12.9. The van der Waals surface area contributed by atoms with Gasteiger partial charge in [0.15, 0.2) is 11.6 Å². The number of rotatable bonds is 5. The average molecular weight is 566 g/mol. The molecule has 0 heterocycles. The Morgan fingerprint density at radius 2 is 1.71 bits per heavy atom. The second-order valence-corrected chi connectivity index (χ2v) is 15.4. The van der Waals surface area contributed by atoms with Gasteiger partial charge in [0.05, 0.1) is 30.1 Å². The van der Waals surface area contributed by atoms with E-state index >= 15 is 0 Å². The Bertz CT molecular complexity index is 1270. The lowest BCUT2D eigenvalue weighted by atomic mass is 9.34. The molecular weight excluding hydrogens is 518 g/mol. The van der Waals surface area contributed by atoms with Gasteiger partial charge in [-0.25, -0.2) is 0 Å². The molecular formula is C34H47NO6. The number of fused-ring (bicyclic) bond motifs is 7. The summed E-state index contributed by atoms with van der Waals surface area (Å²) in [5.41, 5.74) is -1.72. The number of methoxy groups -OCH3 is 2. The van der Waals surface area contributed by atoms with Crippen molar-refractivity contribution in [2.45, 2.75) is 86.5 Å². The number of carbonyl (C=O) groups excluding carboxylic acids is 3. The van der Waals surface area contributed by atoms with Crippen molar-refractivity contribution in [3.8, 4) is 6.07 Å². The molecule has 7 nitrogen and oxygen atoms in total. The number of esters is 1. The van der Waals surface area contributed by atoms with Gasteiger partial charge < -0.3 is 14.2 Å². The van der Waals surface area contributed by atoms with E-state index in [2.05, 4.69) is 40.7 Å². The maximum atomic E-state index is 14.5. The minimum atomic E-state index is -0.921. The quantitative estimate of drug-likeness (QED) is 0.230. The van der Waals surface area contributed by atoms with Crippen LogP contribution in [0.15, 0.2) is 23.3 Å². The third-order valence-electron chi connectivity index (χ3n) is 12.9. The summed E-state index contributed by atoms with van der Waals surface area (Å²) in [4.78, 5) is 41.7. The van der Waals surface area contributed by atoms with Crippen LogP contribution in [-0.2, 0) is 28.6 Å². The fourth-order valence-electron chi connectivity index (χ4n) is 10.5. The monoisotopic (exact) mass is 565 g/mol. The standard InChI is InChI=1S/C34H47NO6/c1-29(2)11-13-34(28(38)40-8)14-12-33(6)26(22(34)17-29)23(36)15-25-30(3)16-21(18-35)27(37)31(4,19-41-20-39-7)24(30)9-10-32(25,33)5/h15-16,22,24,26H,9-14,17,19-20H2,1-8H3/t22-,24?,26?,30+,31+,32-,33-,34+/m1/s1. The minimum absolute atomic E-state index is 0.0352. The fourth-order valence-corrected chi connectivity index (χ4v) is 10.5. The Morgan fingerprint density at radius 3 is 2.34 bits per heavy atom. The second-order valence-electron chi connectivity index (χ2n) is 15.4. The van der Waals surface area contributed by atoms with Crippen LogP contribution in [0.25, 0.3) is 0 Å². The van der Waals surface area contributed by atoms with Crippen molar-refractivity contribution in [3.05, 3.63) is 23.3 Å². The topological polar surface area (TPSA) is 103 Å². The number of nitrogens with zero attached hydrogens (tertiary/aromatic N) is 1. The molecule has 5 aliphatic rings. The number of hydrogen-bond acceptors (Lipinski definition) is 7. The van der Waals surface area contributed by atoms with Gasteiger partial charge in [-0.3, -0.25) is 14.4 Å². The van der Waals surface area contributed by atoms with Gasteiger partial charge in [-0.2, -0.15) is 5.26 Å². The van der Waals surface area contributed by atoms with Crippen LogP contribution < -0.4 is 0 Å². The number of hydrogen-bond donors (Lipinski definition) is 0. The molecule has 2 unspecified atom stereocenters. The Balaban J connectivity index is 1.66. The number of allylic oxidation sites excluding steroid dienone is 4. The van der Waals surface area contributed by atoms with Crippen molar-refractivity contribution in [3.63, 3.8) is 0 Å². The summed E-state index contributed by atoms with van der Waals surface area (Å²) in [7, 11) is 3.02. The van der Waals surface area contributed by atoms with Crippen molar-refractivity contribution in [2.75, 3.05) is 27.6 Å². The molecule has 224 valence electrons. The molecule has 0 spiro atoms. The van der Waals surface area contributed by atoms with Crippen LogP contribution >= 0.6 is 0 Å². The SMILES string of the molecule is COCOC[C@]1(C)C(=O)C(C#N)=C[C@]2(C)C3=CC(=O)C4[C@H]5CC(C)(C)CC[C@]5(C(=O)OC)CC[C@@]4(C)[C@]3(C)CCC21. The third kappa shape index (κ3) is 3.92. The lowest BCUT2D eigenvalue weighted by molar-refractivity contribution is -0.191. The van der Waals surface area contributed by atoms with Gasteiger partial charge in [-0.1, -0.05) is 46.3 Å². The molecule has 0 bridgehead atoms. The molecule has 0 aromatic rings. The van der Waals surface area contributed by atoms with Gasteiger partial charge >= 0.3 is 5.97 Å². The summed E-state index contributed by atoms with van der Waals surface area (Å²) in [6.07, 6.45) is 9.28. The zero-order valence-corrected chi connectivity index (χ0v) is 26.1. The summed E-state index contributed by atoms with van der Waals surface area (Å²) in [6.45, 7) is 13.3.